The third-order valence-electron chi connectivity index (χ3n) is 8.07. The van der Waals surface area contributed by atoms with E-state index in [1.165, 1.54) is 0 Å². The highest BCUT2D eigenvalue weighted by molar-refractivity contribution is 5.87. The summed E-state index contributed by atoms with van der Waals surface area (Å²) in [4.78, 5) is 37.4. The van der Waals surface area contributed by atoms with Gasteiger partial charge in [-0.1, -0.05) is 48.5 Å². The van der Waals surface area contributed by atoms with E-state index in [-0.39, 0.29) is 19.1 Å². The molecule has 2 amide bonds. The molecule has 0 saturated carbocycles. The topological polar surface area (TPSA) is 151 Å². The molecule has 1 aliphatic carbocycles. The molecule has 0 spiro atoms. The first-order valence-electron chi connectivity index (χ1n) is 14.4. The molecule has 2 aromatic carbocycles. The van der Waals surface area contributed by atoms with Crippen LogP contribution in [0.1, 0.15) is 51.2 Å². The predicted molar refractivity (Wildman–Crippen MR) is 150 cm³/mol. The number of ether oxygens (including phenoxy) is 6. The Bertz CT molecular complexity index is 1360. The molecule has 230 valence electrons. The second-order valence-electron chi connectivity index (χ2n) is 12.1. The molecule has 3 N–H and O–H groups in total. The molecule has 12 heteroatoms. The molecule has 3 fully saturated rings. The van der Waals surface area contributed by atoms with Crippen molar-refractivity contribution in [1.82, 2.24) is 10.6 Å². The lowest BCUT2D eigenvalue weighted by molar-refractivity contribution is -0.232. The van der Waals surface area contributed by atoms with Gasteiger partial charge in [0.25, 0.3) is 0 Å². The number of benzene rings is 2. The molecule has 0 unspecified atom stereocenters. The Morgan fingerprint density at radius 3 is 2.09 bits per heavy atom. The van der Waals surface area contributed by atoms with Crippen LogP contribution >= 0.6 is 0 Å². The fourth-order valence-electron chi connectivity index (χ4n) is 6.31. The minimum Gasteiger partial charge on any atom is -0.480 e. The lowest BCUT2D eigenvalue weighted by Gasteiger charge is -2.37. The van der Waals surface area contributed by atoms with Crippen molar-refractivity contribution in [2.45, 2.75) is 88.4 Å². The van der Waals surface area contributed by atoms with Crippen LogP contribution in [0.4, 0.5) is 4.79 Å². The van der Waals surface area contributed by atoms with Gasteiger partial charge in [-0.25, -0.2) is 9.59 Å². The van der Waals surface area contributed by atoms with Gasteiger partial charge in [-0.2, -0.15) is 0 Å². The van der Waals surface area contributed by atoms with Crippen LogP contribution in [0.15, 0.2) is 48.5 Å². The highest BCUT2D eigenvalue weighted by atomic mass is 16.9. The molecule has 43 heavy (non-hydrogen) atoms. The average molecular weight is 597 g/mol. The van der Waals surface area contributed by atoms with Crippen molar-refractivity contribution in [2.75, 3.05) is 13.2 Å². The summed E-state index contributed by atoms with van der Waals surface area (Å²) in [6.07, 6.45) is -4.35. The van der Waals surface area contributed by atoms with Gasteiger partial charge < -0.3 is 44.2 Å². The lowest BCUT2D eigenvalue weighted by atomic mass is 9.98. The van der Waals surface area contributed by atoms with E-state index in [1.54, 1.807) is 27.7 Å². The summed E-state index contributed by atoms with van der Waals surface area (Å²) in [6.45, 7) is 7.13. The smallest absolute Gasteiger partial charge is 0.407 e. The van der Waals surface area contributed by atoms with Gasteiger partial charge in [0.2, 0.25) is 5.91 Å². The van der Waals surface area contributed by atoms with Crippen LogP contribution in [0, 0.1) is 0 Å². The monoisotopic (exact) mass is 596 g/mol. The van der Waals surface area contributed by atoms with Crippen LogP contribution in [0.3, 0.4) is 0 Å². The predicted octanol–water partition coefficient (Wildman–Crippen LogP) is 2.88. The number of carboxylic acid groups (broad SMARTS) is 1. The van der Waals surface area contributed by atoms with E-state index in [1.807, 2.05) is 48.5 Å². The SMILES string of the molecule is CC1(C)O[C@H]2[C@@H](O1)[C@@H](CNC(=O)C[C@H](NC(=O)OCC1c3ccccc3-c3ccccc31)C(=O)O)O[C@@H]1OC(C)(C)O[C@@H]12. The van der Waals surface area contributed by atoms with Crippen LogP contribution in [0.5, 0.6) is 0 Å². The van der Waals surface area contributed by atoms with Gasteiger partial charge in [-0.05, 0) is 49.9 Å². The average Bonchev–Trinajstić information content (AvgIpc) is 3.57. The number of nitrogens with one attached hydrogen (secondary N) is 2. The Labute approximate surface area is 248 Å². The first-order chi connectivity index (χ1) is 20.4. The summed E-state index contributed by atoms with van der Waals surface area (Å²) in [5.74, 6) is -3.93. The van der Waals surface area contributed by atoms with Gasteiger partial charge in [0.15, 0.2) is 17.9 Å². The molecule has 3 heterocycles. The maximum Gasteiger partial charge on any atom is 0.407 e. The van der Waals surface area contributed by atoms with Crippen molar-refractivity contribution in [3.05, 3.63) is 59.7 Å². The Hall–Kier alpha value is -3.55. The van der Waals surface area contributed by atoms with Gasteiger partial charge in [-0.15, -0.1) is 0 Å². The van der Waals surface area contributed by atoms with Gasteiger partial charge in [0, 0.05) is 12.5 Å². The zero-order valence-corrected chi connectivity index (χ0v) is 24.4. The van der Waals surface area contributed by atoms with Crippen LogP contribution in [0.25, 0.3) is 11.1 Å². The summed E-state index contributed by atoms with van der Waals surface area (Å²) >= 11 is 0. The molecule has 3 aliphatic heterocycles. The summed E-state index contributed by atoms with van der Waals surface area (Å²) < 4.78 is 35.5. The highest BCUT2D eigenvalue weighted by Crippen LogP contribution is 2.45. The largest absolute Gasteiger partial charge is 0.480 e. The van der Waals surface area contributed by atoms with Crippen molar-refractivity contribution in [3.8, 4) is 11.1 Å². The van der Waals surface area contributed by atoms with Gasteiger partial charge in [-0.3, -0.25) is 4.79 Å². The zero-order valence-electron chi connectivity index (χ0n) is 24.4. The van der Waals surface area contributed by atoms with E-state index >= 15 is 0 Å². The Balaban J connectivity index is 1.03. The number of carbonyl (C=O) groups excluding carboxylic acids is 2. The van der Waals surface area contributed by atoms with E-state index < -0.39 is 72.7 Å². The molecular formula is C31H36N2O10. The molecule has 6 rings (SSSR count). The Morgan fingerprint density at radius 1 is 0.860 bits per heavy atom. The summed E-state index contributed by atoms with van der Waals surface area (Å²) in [7, 11) is 0. The molecule has 3 saturated heterocycles. The van der Waals surface area contributed by atoms with E-state index in [4.69, 9.17) is 28.4 Å². The molecule has 0 radical (unpaired) electrons. The normalized spacial score (nSPS) is 28.6. The van der Waals surface area contributed by atoms with Gasteiger partial charge >= 0.3 is 12.1 Å². The van der Waals surface area contributed by atoms with E-state index in [2.05, 4.69) is 10.6 Å². The number of fused-ring (bicyclic) bond motifs is 6. The number of rotatable bonds is 8. The Kier molecular flexibility index (Phi) is 7.68. The number of aliphatic carboxylic acids is 1. The fraction of sp³-hybridized carbons (Fsp3) is 0.516. The minimum absolute atomic E-state index is 0.00370. The number of amides is 2. The summed E-state index contributed by atoms with van der Waals surface area (Å²) in [5.41, 5.74) is 4.21. The lowest BCUT2D eigenvalue weighted by Crippen LogP contribution is -2.58. The minimum atomic E-state index is -1.50. The van der Waals surface area contributed by atoms with Crippen molar-refractivity contribution in [3.63, 3.8) is 0 Å². The van der Waals surface area contributed by atoms with E-state index in [0.29, 0.717) is 0 Å². The number of hydrogen-bond donors (Lipinski definition) is 3. The standard InChI is InChI=1S/C31H36N2O10/c1-30(2)40-24-22(39-28-26(25(24)41-30)42-31(3,4)43-28)14-32-23(34)13-21(27(35)36)33-29(37)38-15-20-18-11-7-5-9-16(18)17-10-6-8-12-19(17)20/h5-12,20-22,24-26,28H,13-15H2,1-4H3,(H,32,34)(H,33,37)(H,35,36)/t21-,22+,24-,25-,26+,28+/m0/s1. The van der Waals surface area contributed by atoms with Crippen molar-refractivity contribution >= 4 is 18.0 Å². The second kappa shape index (κ2) is 11.2. The third-order valence-corrected chi connectivity index (χ3v) is 8.07. The van der Waals surface area contributed by atoms with E-state index in [0.717, 1.165) is 22.3 Å². The molecule has 6 atom stereocenters. The molecule has 0 aromatic heterocycles. The van der Waals surface area contributed by atoms with Crippen LogP contribution in [0.2, 0.25) is 0 Å². The summed E-state index contributed by atoms with van der Waals surface area (Å²) in [5, 5.41) is 14.7. The maximum atomic E-state index is 12.8. The number of carboxylic acids is 1. The molecule has 2 aromatic rings. The molecule has 0 bridgehead atoms. The Morgan fingerprint density at radius 2 is 1.44 bits per heavy atom. The molecule has 4 aliphatic rings. The quantitative estimate of drug-likeness (QED) is 0.415. The van der Waals surface area contributed by atoms with Crippen LogP contribution in [-0.4, -0.2) is 84.5 Å². The molecule has 12 nitrogen and oxygen atoms in total. The summed E-state index contributed by atoms with van der Waals surface area (Å²) in [6, 6.07) is 14.3. The van der Waals surface area contributed by atoms with Crippen molar-refractivity contribution in [2.24, 2.45) is 0 Å². The first kappa shape index (κ1) is 29.5. The van der Waals surface area contributed by atoms with Crippen molar-refractivity contribution < 1.29 is 47.9 Å². The number of alkyl carbamates (subject to hydrolysis) is 1. The van der Waals surface area contributed by atoms with Crippen LogP contribution < -0.4 is 10.6 Å². The zero-order chi connectivity index (χ0) is 30.5. The highest BCUT2D eigenvalue weighted by Gasteiger charge is 2.60. The van der Waals surface area contributed by atoms with Gasteiger partial charge in [0.05, 0.1) is 6.42 Å². The molecular weight excluding hydrogens is 560 g/mol. The van der Waals surface area contributed by atoms with E-state index in [9.17, 15) is 19.5 Å². The number of carbonyl (C=O) groups is 3. The maximum absolute atomic E-state index is 12.8. The van der Waals surface area contributed by atoms with Gasteiger partial charge in [0.1, 0.15) is 37.1 Å². The third kappa shape index (κ3) is 5.98. The van der Waals surface area contributed by atoms with Crippen molar-refractivity contribution in [1.29, 1.82) is 0 Å². The number of hydrogen-bond acceptors (Lipinski definition) is 9. The fourth-order valence-corrected chi connectivity index (χ4v) is 6.31. The van der Waals surface area contributed by atoms with Crippen LogP contribution in [-0.2, 0) is 38.0 Å². The first-order valence-corrected chi connectivity index (χ1v) is 14.4. The second-order valence-corrected chi connectivity index (χ2v) is 12.1.